The van der Waals surface area contributed by atoms with E-state index in [1.54, 1.807) is 0 Å². The summed E-state index contributed by atoms with van der Waals surface area (Å²) in [7, 11) is 0. The number of aliphatic carboxylic acids is 1. The fraction of sp³-hybridized carbons (Fsp3) is 0.333. The second-order valence-electron chi connectivity index (χ2n) is 7.64. The molecule has 0 aromatic heterocycles. The summed E-state index contributed by atoms with van der Waals surface area (Å²) in [6.07, 6.45) is 0. The van der Waals surface area contributed by atoms with Gasteiger partial charge in [0, 0.05) is 32.1 Å². The van der Waals surface area contributed by atoms with E-state index in [2.05, 4.69) is 10.2 Å². The van der Waals surface area contributed by atoms with Crippen molar-refractivity contribution in [1.82, 2.24) is 10.2 Å². The number of nitrogens with one attached hydrogen (secondary N) is 1. The first-order valence-corrected chi connectivity index (χ1v) is 10.4. The predicted molar refractivity (Wildman–Crippen MR) is 116 cm³/mol. The molecule has 1 aliphatic heterocycles. The van der Waals surface area contributed by atoms with Gasteiger partial charge in [0.25, 0.3) is 0 Å². The van der Waals surface area contributed by atoms with Gasteiger partial charge in [-0.2, -0.15) is 0 Å². The standard InChI is InChI=1S/C24H26N2O5/c1-16(27)25-23-20-15-18(31-14-11-26-9-12-30-13-10-26)7-8-19(20)21(22(23)24(28)29)17-5-3-2-4-6-17/h2-8,15,23H,9-14H2,1H3,(H,25,27)(H,28,29). The quantitative estimate of drug-likeness (QED) is 0.713. The van der Waals surface area contributed by atoms with Gasteiger partial charge in [0.1, 0.15) is 12.4 Å². The Kier molecular flexibility index (Phi) is 6.34. The largest absolute Gasteiger partial charge is 0.492 e. The molecule has 1 amide bonds. The van der Waals surface area contributed by atoms with Gasteiger partial charge in [-0.05, 0) is 28.8 Å². The van der Waals surface area contributed by atoms with E-state index in [9.17, 15) is 14.7 Å². The maximum Gasteiger partial charge on any atom is 0.334 e. The van der Waals surface area contributed by atoms with E-state index < -0.39 is 12.0 Å². The monoisotopic (exact) mass is 422 g/mol. The molecule has 1 fully saturated rings. The summed E-state index contributed by atoms with van der Waals surface area (Å²) in [5, 5.41) is 12.8. The summed E-state index contributed by atoms with van der Waals surface area (Å²) < 4.78 is 11.3. The van der Waals surface area contributed by atoms with Crippen molar-refractivity contribution >= 4 is 17.4 Å². The van der Waals surface area contributed by atoms with Crippen molar-refractivity contribution in [2.75, 3.05) is 39.5 Å². The van der Waals surface area contributed by atoms with Crippen molar-refractivity contribution in [2.45, 2.75) is 13.0 Å². The summed E-state index contributed by atoms with van der Waals surface area (Å²) in [6.45, 7) is 5.97. The molecule has 0 bridgehead atoms. The molecule has 0 saturated carbocycles. The van der Waals surface area contributed by atoms with Crippen LogP contribution in [0.3, 0.4) is 0 Å². The second-order valence-corrected chi connectivity index (χ2v) is 7.64. The number of carboxylic acid groups (broad SMARTS) is 1. The smallest absolute Gasteiger partial charge is 0.334 e. The van der Waals surface area contributed by atoms with Gasteiger partial charge in [-0.25, -0.2) is 4.79 Å². The number of carboxylic acids is 1. The van der Waals surface area contributed by atoms with E-state index in [1.165, 1.54) is 6.92 Å². The van der Waals surface area contributed by atoms with Gasteiger partial charge >= 0.3 is 5.97 Å². The molecule has 1 aliphatic carbocycles. The minimum absolute atomic E-state index is 0.168. The number of fused-ring (bicyclic) bond motifs is 1. The topological polar surface area (TPSA) is 88.1 Å². The van der Waals surface area contributed by atoms with Crippen molar-refractivity contribution in [1.29, 1.82) is 0 Å². The lowest BCUT2D eigenvalue weighted by atomic mass is 9.97. The number of carbonyl (C=O) groups is 2. The molecule has 1 saturated heterocycles. The summed E-state index contributed by atoms with van der Waals surface area (Å²) in [5.41, 5.74) is 3.12. The van der Waals surface area contributed by atoms with E-state index in [4.69, 9.17) is 9.47 Å². The van der Waals surface area contributed by atoms with Gasteiger partial charge in [-0.15, -0.1) is 0 Å². The molecular weight excluding hydrogens is 396 g/mol. The molecule has 7 heteroatoms. The Morgan fingerprint density at radius 3 is 2.58 bits per heavy atom. The van der Waals surface area contributed by atoms with Crippen molar-refractivity contribution < 1.29 is 24.2 Å². The van der Waals surface area contributed by atoms with Crippen LogP contribution in [0, 0.1) is 0 Å². The number of ether oxygens (including phenoxy) is 2. The number of amides is 1. The van der Waals surface area contributed by atoms with Crippen LogP contribution in [-0.2, 0) is 14.3 Å². The van der Waals surface area contributed by atoms with E-state index >= 15 is 0 Å². The van der Waals surface area contributed by atoms with Crippen molar-refractivity contribution in [3.63, 3.8) is 0 Å². The van der Waals surface area contributed by atoms with Crippen LogP contribution in [-0.4, -0.2) is 61.3 Å². The average molecular weight is 422 g/mol. The maximum atomic E-state index is 12.2. The average Bonchev–Trinajstić information content (AvgIpc) is 3.08. The van der Waals surface area contributed by atoms with Crippen LogP contribution in [0.4, 0.5) is 0 Å². The zero-order chi connectivity index (χ0) is 21.8. The van der Waals surface area contributed by atoms with Crippen LogP contribution in [0.5, 0.6) is 5.75 Å². The third kappa shape index (κ3) is 4.62. The Hall–Kier alpha value is -3.16. The van der Waals surface area contributed by atoms with Gasteiger partial charge in [0.05, 0.1) is 24.8 Å². The van der Waals surface area contributed by atoms with Crippen LogP contribution in [0.15, 0.2) is 54.1 Å². The zero-order valence-corrected chi connectivity index (χ0v) is 17.5. The number of nitrogens with zero attached hydrogens (tertiary/aromatic N) is 1. The molecule has 162 valence electrons. The maximum absolute atomic E-state index is 12.2. The van der Waals surface area contributed by atoms with Crippen LogP contribution >= 0.6 is 0 Å². The van der Waals surface area contributed by atoms with Gasteiger partial charge in [-0.1, -0.05) is 36.4 Å². The van der Waals surface area contributed by atoms with Crippen LogP contribution in [0.2, 0.25) is 0 Å². The highest BCUT2D eigenvalue weighted by molar-refractivity contribution is 6.06. The molecule has 4 rings (SSSR count). The number of benzene rings is 2. The fourth-order valence-corrected chi connectivity index (χ4v) is 4.16. The summed E-state index contributed by atoms with van der Waals surface area (Å²) >= 11 is 0. The first kappa shape index (κ1) is 21.1. The van der Waals surface area contributed by atoms with E-state index in [0.717, 1.165) is 49.5 Å². The van der Waals surface area contributed by atoms with Crippen LogP contribution in [0.25, 0.3) is 5.57 Å². The summed E-state index contributed by atoms with van der Waals surface area (Å²) in [5.74, 6) is -0.687. The molecule has 1 atom stereocenters. The normalized spacial score (nSPS) is 18.5. The van der Waals surface area contributed by atoms with Gasteiger partial charge in [-0.3, -0.25) is 9.69 Å². The zero-order valence-electron chi connectivity index (χ0n) is 17.5. The molecule has 2 aliphatic rings. The number of carbonyl (C=O) groups excluding carboxylic acids is 1. The number of hydrogen-bond acceptors (Lipinski definition) is 5. The minimum atomic E-state index is -1.05. The molecule has 2 N–H and O–H groups in total. The molecule has 0 spiro atoms. The lowest BCUT2D eigenvalue weighted by molar-refractivity contribution is -0.133. The number of hydrogen-bond donors (Lipinski definition) is 2. The summed E-state index contributed by atoms with van der Waals surface area (Å²) in [6, 6.07) is 14.2. The third-order valence-corrected chi connectivity index (χ3v) is 5.58. The van der Waals surface area contributed by atoms with Crippen molar-refractivity contribution in [2.24, 2.45) is 0 Å². The fourth-order valence-electron chi connectivity index (χ4n) is 4.16. The van der Waals surface area contributed by atoms with E-state index in [1.807, 2.05) is 48.5 Å². The Balaban J connectivity index is 1.63. The lowest BCUT2D eigenvalue weighted by Gasteiger charge is -2.26. The van der Waals surface area contributed by atoms with Crippen LogP contribution in [0.1, 0.15) is 29.7 Å². The molecule has 31 heavy (non-hydrogen) atoms. The molecule has 2 aromatic carbocycles. The SMILES string of the molecule is CC(=O)NC1C(C(=O)O)=C(c2ccccc2)c2ccc(OCCN3CCOCC3)cc21. The highest BCUT2D eigenvalue weighted by Gasteiger charge is 2.36. The molecule has 0 radical (unpaired) electrons. The highest BCUT2D eigenvalue weighted by atomic mass is 16.5. The van der Waals surface area contributed by atoms with Crippen molar-refractivity contribution in [3.8, 4) is 5.75 Å². The van der Waals surface area contributed by atoms with E-state index in [0.29, 0.717) is 17.9 Å². The molecule has 1 unspecified atom stereocenters. The summed E-state index contributed by atoms with van der Waals surface area (Å²) in [4.78, 5) is 26.4. The highest BCUT2D eigenvalue weighted by Crippen LogP contribution is 2.45. The molecule has 1 heterocycles. The molecule has 2 aromatic rings. The predicted octanol–water partition coefficient (Wildman–Crippen LogP) is 2.47. The minimum Gasteiger partial charge on any atom is -0.492 e. The van der Waals surface area contributed by atoms with Gasteiger partial charge in [0.2, 0.25) is 5.91 Å². The lowest BCUT2D eigenvalue weighted by Crippen LogP contribution is -2.38. The molecular formula is C24H26N2O5. The van der Waals surface area contributed by atoms with Crippen molar-refractivity contribution in [3.05, 3.63) is 70.8 Å². The Labute approximate surface area is 181 Å². The first-order chi connectivity index (χ1) is 15.0. The number of rotatable bonds is 7. The van der Waals surface area contributed by atoms with Crippen LogP contribution < -0.4 is 10.1 Å². The second kappa shape index (κ2) is 9.32. The Morgan fingerprint density at radius 2 is 1.90 bits per heavy atom. The molecule has 7 nitrogen and oxygen atoms in total. The Morgan fingerprint density at radius 1 is 1.16 bits per heavy atom. The Bertz CT molecular complexity index is 996. The van der Waals surface area contributed by atoms with Gasteiger partial charge in [0.15, 0.2) is 0 Å². The van der Waals surface area contributed by atoms with Gasteiger partial charge < -0.3 is 19.9 Å². The third-order valence-electron chi connectivity index (χ3n) is 5.58. The van der Waals surface area contributed by atoms with E-state index in [-0.39, 0.29) is 11.5 Å². The number of morpholine rings is 1. The first-order valence-electron chi connectivity index (χ1n) is 10.4.